The molecule has 0 aliphatic carbocycles. The van der Waals surface area contributed by atoms with Crippen molar-refractivity contribution in [3.8, 4) is 0 Å². The summed E-state index contributed by atoms with van der Waals surface area (Å²) in [5.74, 6) is -0.211. The van der Waals surface area contributed by atoms with Crippen LogP contribution in [0.3, 0.4) is 0 Å². The van der Waals surface area contributed by atoms with E-state index in [-0.39, 0.29) is 5.82 Å². The molecule has 0 bridgehead atoms. The van der Waals surface area contributed by atoms with E-state index in [9.17, 15) is 4.39 Å². The molecule has 1 aliphatic heterocycles. The van der Waals surface area contributed by atoms with Crippen LogP contribution in [0, 0.1) is 5.82 Å². The van der Waals surface area contributed by atoms with E-state index in [1.807, 2.05) is 12.1 Å². The van der Waals surface area contributed by atoms with Gasteiger partial charge in [-0.25, -0.2) is 4.39 Å². The van der Waals surface area contributed by atoms with Gasteiger partial charge in [-0.1, -0.05) is 0 Å². The van der Waals surface area contributed by atoms with E-state index in [0.29, 0.717) is 16.6 Å². The molecule has 1 N–H and O–H groups in total. The fraction of sp³-hybridized carbons (Fsp3) is 0.600. The Morgan fingerprint density at radius 3 is 2.79 bits per heavy atom. The zero-order chi connectivity index (χ0) is 13.8. The highest BCUT2D eigenvalue weighted by Gasteiger charge is 2.18. The van der Waals surface area contributed by atoms with Crippen LogP contribution < -0.4 is 5.32 Å². The van der Waals surface area contributed by atoms with Gasteiger partial charge in [-0.2, -0.15) is 0 Å². The minimum Gasteiger partial charge on any atom is -0.382 e. The third-order valence-corrected chi connectivity index (χ3v) is 4.39. The second-order valence-electron chi connectivity index (χ2n) is 5.53. The number of hydrogen-bond donors (Lipinski definition) is 1. The van der Waals surface area contributed by atoms with Crippen molar-refractivity contribution < 1.29 is 4.39 Å². The number of halogens is 2. The van der Waals surface area contributed by atoms with Crippen LogP contribution in [0.5, 0.6) is 0 Å². The van der Waals surface area contributed by atoms with Crippen molar-refractivity contribution in [3.63, 3.8) is 0 Å². The van der Waals surface area contributed by atoms with Gasteiger partial charge < -0.3 is 10.2 Å². The van der Waals surface area contributed by atoms with Crippen LogP contribution in [0.1, 0.15) is 33.1 Å². The van der Waals surface area contributed by atoms with E-state index >= 15 is 0 Å². The summed E-state index contributed by atoms with van der Waals surface area (Å²) in [4.78, 5) is 2.53. The molecule has 1 unspecified atom stereocenters. The molecule has 2 nitrogen and oxygen atoms in total. The molecule has 1 aromatic carbocycles. The predicted molar refractivity (Wildman–Crippen MR) is 82.1 cm³/mol. The lowest BCUT2D eigenvalue weighted by molar-refractivity contribution is 0.230. The SMILES string of the molecule is CC(C)N1CCCC(Nc2ccc(F)c(Br)c2)CC1. The Morgan fingerprint density at radius 2 is 2.11 bits per heavy atom. The minimum absolute atomic E-state index is 0.211. The smallest absolute Gasteiger partial charge is 0.137 e. The largest absolute Gasteiger partial charge is 0.382 e. The Hall–Kier alpha value is -0.610. The van der Waals surface area contributed by atoms with E-state index in [2.05, 4.69) is 40.0 Å². The van der Waals surface area contributed by atoms with E-state index < -0.39 is 0 Å². The number of anilines is 1. The third kappa shape index (κ3) is 4.18. The number of benzene rings is 1. The molecule has 0 spiro atoms. The van der Waals surface area contributed by atoms with Crippen molar-refractivity contribution in [2.24, 2.45) is 0 Å². The first-order chi connectivity index (χ1) is 9.06. The van der Waals surface area contributed by atoms with E-state index in [1.165, 1.54) is 25.5 Å². The van der Waals surface area contributed by atoms with Crippen LogP contribution in [0.4, 0.5) is 10.1 Å². The highest BCUT2D eigenvalue weighted by atomic mass is 79.9. The molecule has 4 heteroatoms. The van der Waals surface area contributed by atoms with Crippen molar-refractivity contribution in [1.29, 1.82) is 0 Å². The fourth-order valence-corrected chi connectivity index (χ4v) is 2.98. The lowest BCUT2D eigenvalue weighted by Crippen LogP contribution is -2.32. The number of nitrogens with zero attached hydrogens (tertiary/aromatic N) is 1. The highest BCUT2D eigenvalue weighted by Crippen LogP contribution is 2.23. The molecule has 1 fully saturated rings. The van der Waals surface area contributed by atoms with Crippen LogP contribution >= 0.6 is 15.9 Å². The molecule has 1 aliphatic rings. The number of hydrogen-bond acceptors (Lipinski definition) is 2. The van der Waals surface area contributed by atoms with Crippen molar-refractivity contribution in [1.82, 2.24) is 4.90 Å². The molecule has 2 rings (SSSR count). The summed E-state index contributed by atoms with van der Waals surface area (Å²) < 4.78 is 13.7. The van der Waals surface area contributed by atoms with Gasteiger partial charge in [0.2, 0.25) is 0 Å². The Labute approximate surface area is 123 Å². The molecule has 1 aromatic rings. The van der Waals surface area contributed by atoms with E-state index in [1.54, 1.807) is 0 Å². The van der Waals surface area contributed by atoms with Crippen LogP contribution in [0.2, 0.25) is 0 Å². The lowest BCUT2D eigenvalue weighted by Gasteiger charge is -2.24. The van der Waals surface area contributed by atoms with Gasteiger partial charge >= 0.3 is 0 Å². The third-order valence-electron chi connectivity index (χ3n) is 3.78. The number of rotatable bonds is 3. The number of likely N-dealkylation sites (tertiary alicyclic amines) is 1. The molecule has 0 aromatic heterocycles. The molecule has 1 saturated heterocycles. The molecule has 0 saturated carbocycles. The van der Waals surface area contributed by atoms with Gasteiger partial charge in [-0.15, -0.1) is 0 Å². The van der Waals surface area contributed by atoms with Gasteiger partial charge in [-0.05, 0) is 73.8 Å². The number of nitrogens with one attached hydrogen (secondary N) is 1. The van der Waals surface area contributed by atoms with Gasteiger partial charge in [0.05, 0.1) is 4.47 Å². The van der Waals surface area contributed by atoms with Crippen molar-refractivity contribution in [2.45, 2.75) is 45.2 Å². The Balaban J connectivity index is 1.94. The Morgan fingerprint density at radius 1 is 1.32 bits per heavy atom. The van der Waals surface area contributed by atoms with Crippen molar-refractivity contribution in [2.75, 3.05) is 18.4 Å². The van der Waals surface area contributed by atoms with Crippen LogP contribution in [-0.2, 0) is 0 Å². The fourth-order valence-electron chi connectivity index (χ4n) is 2.60. The predicted octanol–water partition coefficient (Wildman–Crippen LogP) is 4.26. The summed E-state index contributed by atoms with van der Waals surface area (Å²) in [5, 5.41) is 3.53. The molecule has 0 amide bonds. The summed E-state index contributed by atoms with van der Waals surface area (Å²) in [5.41, 5.74) is 0.997. The maximum Gasteiger partial charge on any atom is 0.137 e. The first-order valence-corrected chi connectivity index (χ1v) is 7.81. The van der Waals surface area contributed by atoms with Crippen LogP contribution in [0.25, 0.3) is 0 Å². The summed E-state index contributed by atoms with van der Waals surface area (Å²) in [6.45, 7) is 6.83. The van der Waals surface area contributed by atoms with Gasteiger partial charge in [0, 0.05) is 24.3 Å². The standard InChI is InChI=1S/C15H22BrFN2/c1-11(2)19-8-3-4-12(7-9-19)18-13-5-6-15(17)14(16)10-13/h5-6,10-12,18H,3-4,7-9H2,1-2H3. The summed E-state index contributed by atoms with van der Waals surface area (Å²) in [6.07, 6.45) is 3.55. The highest BCUT2D eigenvalue weighted by molar-refractivity contribution is 9.10. The Bertz CT molecular complexity index is 423. The average molecular weight is 329 g/mol. The van der Waals surface area contributed by atoms with Crippen molar-refractivity contribution in [3.05, 3.63) is 28.5 Å². The molecular weight excluding hydrogens is 307 g/mol. The zero-order valence-electron chi connectivity index (χ0n) is 11.6. The topological polar surface area (TPSA) is 15.3 Å². The summed E-state index contributed by atoms with van der Waals surface area (Å²) in [6, 6.07) is 6.25. The Kier molecular flexibility index (Phi) is 5.22. The van der Waals surface area contributed by atoms with Crippen LogP contribution in [-0.4, -0.2) is 30.1 Å². The second kappa shape index (κ2) is 6.71. The van der Waals surface area contributed by atoms with Gasteiger partial charge in [0.15, 0.2) is 0 Å². The molecule has 106 valence electrons. The maximum absolute atomic E-state index is 13.2. The molecule has 19 heavy (non-hydrogen) atoms. The quantitative estimate of drug-likeness (QED) is 0.891. The first-order valence-electron chi connectivity index (χ1n) is 7.02. The molecule has 1 heterocycles. The first kappa shape index (κ1) is 14.8. The van der Waals surface area contributed by atoms with Gasteiger partial charge in [0.1, 0.15) is 5.82 Å². The van der Waals surface area contributed by atoms with Crippen LogP contribution in [0.15, 0.2) is 22.7 Å². The van der Waals surface area contributed by atoms with E-state index in [0.717, 1.165) is 18.7 Å². The van der Waals surface area contributed by atoms with Gasteiger partial charge in [0.25, 0.3) is 0 Å². The zero-order valence-corrected chi connectivity index (χ0v) is 13.2. The maximum atomic E-state index is 13.2. The minimum atomic E-state index is -0.211. The molecular formula is C15H22BrFN2. The summed E-state index contributed by atoms with van der Waals surface area (Å²) in [7, 11) is 0. The molecule has 0 radical (unpaired) electrons. The lowest BCUT2D eigenvalue weighted by atomic mass is 10.1. The van der Waals surface area contributed by atoms with E-state index in [4.69, 9.17) is 0 Å². The normalized spacial score (nSPS) is 21.4. The second-order valence-corrected chi connectivity index (χ2v) is 6.39. The van der Waals surface area contributed by atoms with Crippen molar-refractivity contribution >= 4 is 21.6 Å². The average Bonchev–Trinajstić information content (AvgIpc) is 2.59. The monoisotopic (exact) mass is 328 g/mol. The molecule has 1 atom stereocenters. The van der Waals surface area contributed by atoms with Gasteiger partial charge in [-0.3, -0.25) is 0 Å². The summed E-state index contributed by atoms with van der Waals surface area (Å²) >= 11 is 3.23.